The highest BCUT2D eigenvalue weighted by Gasteiger charge is 2.10. The largest absolute Gasteiger partial charge is 0.478 e. The second-order valence-electron chi connectivity index (χ2n) is 3.56. The zero-order chi connectivity index (χ0) is 12.4. The average molecular weight is 228 g/mol. The summed E-state index contributed by atoms with van der Waals surface area (Å²) in [5.41, 5.74) is 0.211. The Morgan fingerprint density at radius 2 is 1.88 bits per heavy atom. The second kappa shape index (κ2) is 8.95. The lowest BCUT2D eigenvalue weighted by atomic mass is 10.2. The molecule has 0 aliphatic carbocycles. The number of carboxylic acid groups (broad SMARTS) is 1. The molecule has 0 spiro atoms. The van der Waals surface area contributed by atoms with Gasteiger partial charge in [0, 0.05) is 11.6 Å². The molecule has 0 heterocycles. The normalized spacial score (nSPS) is 11.2. The van der Waals surface area contributed by atoms with E-state index in [4.69, 9.17) is 9.84 Å². The van der Waals surface area contributed by atoms with Crippen LogP contribution in [0.25, 0.3) is 0 Å². The third-order valence-electron chi connectivity index (χ3n) is 2.17. The minimum Gasteiger partial charge on any atom is -0.478 e. The Hall–Kier alpha value is -1.32. The maximum absolute atomic E-state index is 11.4. The van der Waals surface area contributed by atoms with E-state index in [2.05, 4.69) is 6.92 Å². The van der Waals surface area contributed by atoms with Gasteiger partial charge in [0.1, 0.15) is 0 Å². The van der Waals surface area contributed by atoms with E-state index in [9.17, 15) is 9.59 Å². The molecule has 0 aromatic rings. The molecule has 16 heavy (non-hydrogen) atoms. The highest BCUT2D eigenvalue weighted by molar-refractivity contribution is 5.95. The molecule has 0 amide bonds. The number of ether oxygens (including phenoxy) is 1. The van der Waals surface area contributed by atoms with Gasteiger partial charge in [-0.2, -0.15) is 0 Å². The van der Waals surface area contributed by atoms with Crippen LogP contribution >= 0.6 is 0 Å². The highest BCUT2D eigenvalue weighted by Crippen LogP contribution is 2.05. The molecule has 0 bridgehead atoms. The number of aliphatic carboxylic acids is 1. The molecule has 0 saturated carbocycles. The van der Waals surface area contributed by atoms with Crippen molar-refractivity contribution in [3.63, 3.8) is 0 Å². The third-order valence-corrected chi connectivity index (χ3v) is 2.17. The fourth-order valence-corrected chi connectivity index (χ4v) is 1.24. The van der Waals surface area contributed by atoms with E-state index in [1.54, 1.807) is 6.92 Å². The Morgan fingerprint density at radius 1 is 1.19 bits per heavy atom. The van der Waals surface area contributed by atoms with E-state index in [1.165, 1.54) is 0 Å². The Kier molecular flexibility index (Phi) is 8.21. The Morgan fingerprint density at radius 3 is 2.38 bits per heavy atom. The first-order valence-electron chi connectivity index (χ1n) is 5.72. The predicted molar refractivity (Wildman–Crippen MR) is 61.1 cm³/mol. The molecule has 0 radical (unpaired) electrons. The van der Waals surface area contributed by atoms with Crippen LogP contribution in [0.4, 0.5) is 0 Å². The lowest BCUT2D eigenvalue weighted by Crippen LogP contribution is -2.10. The van der Waals surface area contributed by atoms with Crippen molar-refractivity contribution in [3.8, 4) is 0 Å². The second-order valence-corrected chi connectivity index (χ2v) is 3.56. The minimum atomic E-state index is -1.11. The molecule has 0 aliphatic rings. The Labute approximate surface area is 96.3 Å². The van der Waals surface area contributed by atoms with Crippen LogP contribution in [0.15, 0.2) is 11.6 Å². The molecule has 0 aliphatic heterocycles. The van der Waals surface area contributed by atoms with Gasteiger partial charge >= 0.3 is 11.9 Å². The Bertz CT molecular complexity index is 256. The van der Waals surface area contributed by atoms with E-state index in [0.29, 0.717) is 13.0 Å². The van der Waals surface area contributed by atoms with Crippen molar-refractivity contribution in [2.24, 2.45) is 0 Å². The van der Waals surface area contributed by atoms with Gasteiger partial charge in [-0.05, 0) is 12.8 Å². The van der Waals surface area contributed by atoms with Gasteiger partial charge in [0.05, 0.1) is 6.61 Å². The van der Waals surface area contributed by atoms with Gasteiger partial charge in [-0.15, -0.1) is 0 Å². The Balaban J connectivity index is 3.90. The minimum absolute atomic E-state index is 0.211. The van der Waals surface area contributed by atoms with Crippen molar-refractivity contribution in [2.45, 2.75) is 46.0 Å². The molecule has 0 unspecified atom stereocenters. The molecule has 92 valence electrons. The summed E-state index contributed by atoms with van der Waals surface area (Å²) >= 11 is 0. The number of esters is 1. The number of carboxylic acids is 1. The van der Waals surface area contributed by atoms with E-state index < -0.39 is 11.9 Å². The molecule has 4 nitrogen and oxygen atoms in total. The maximum atomic E-state index is 11.4. The standard InChI is InChI=1S/C12H20O4/c1-3-5-6-7-8-16-12(15)10(4-2)9-11(13)14/h9H,3-8H2,1-2H3,(H,13,14). The molecule has 1 N–H and O–H groups in total. The molecule has 0 fully saturated rings. The summed E-state index contributed by atoms with van der Waals surface area (Å²) in [6, 6.07) is 0. The summed E-state index contributed by atoms with van der Waals surface area (Å²) < 4.78 is 4.97. The topological polar surface area (TPSA) is 63.6 Å². The fraction of sp³-hybridized carbons (Fsp3) is 0.667. The SMILES string of the molecule is CCCCCCOC(=O)C(=CC(=O)O)CC. The first-order chi connectivity index (χ1) is 7.61. The maximum Gasteiger partial charge on any atom is 0.334 e. The van der Waals surface area contributed by atoms with Crippen molar-refractivity contribution in [3.05, 3.63) is 11.6 Å². The first-order valence-corrected chi connectivity index (χ1v) is 5.72. The van der Waals surface area contributed by atoms with Crippen LogP contribution in [0.3, 0.4) is 0 Å². The monoisotopic (exact) mass is 228 g/mol. The van der Waals surface area contributed by atoms with Gasteiger partial charge in [-0.1, -0.05) is 33.1 Å². The summed E-state index contributed by atoms with van der Waals surface area (Å²) in [6.45, 7) is 4.21. The van der Waals surface area contributed by atoms with Gasteiger partial charge in [0.25, 0.3) is 0 Å². The lowest BCUT2D eigenvalue weighted by Gasteiger charge is -2.05. The third kappa shape index (κ3) is 7.04. The van der Waals surface area contributed by atoms with Gasteiger partial charge in [0.2, 0.25) is 0 Å². The molecular formula is C12H20O4. The van der Waals surface area contributed by atoms with Crippen molar-refractivity contribution in [2.75, 3.05) is 6.61 Å². The van der Waals surface area contributed by atoms with Crippen LogP contribution in [0.5, 0.6) is 0 Å². The van der Waals surface area contributed by atoms with Crippen molar-refractivity contribution in [1.82, 2.24) is 0 Å². The van der Waals surface area contributed by atoms with Crippen molar-refractivity contribution in [1.29, 1.82) is 0 Å². The highest BCUT2D eigenvalue weighted by atomic mass is 16.5. The summed E-state index contributed by atoms with van der Waals surface area (Å²) in [7, 11) is 0. The average Bonchev–Trinajstić information content (AvgIpc) is 2.25. The summed E-state index contributed by atoms with van der Waals surface area (Å²) in [6.07, 6.45) is 5.42. The van der Waals surface area contributed by atoms with Crippen LogP contribution in [-0.2, 0) is 14.3 Å². The van der Waals surface area contributed by atoms with E-state index >= 15 is 0 Å². The number of hydrogen-bond acceptors (Lipinski definition) is 3. The first kappa shape index (κ1) is 14.7. The van der Waals surface area contributed by atoms with Gasteiger partial charge < -0.3 is 9.84 Å². The zero-order valence-corrected chi connectivity index (χ0v) is 9.99. The van der Waals surface area contributed by atoms with Gasteiger partial charge in [-0.25, -0.2) is 9.59 Å². The lowest BCUT2D eigenvalue weighted by molar-refractivity contribution is -0.140. The van der Waals surface area contributed by atoms with Crippen LogP contribution in [0.2, 0.25) is 0 Å². The molecule has 0 aromatic heterocycles. The molecule has 0 rings (SSSR count). The summed E-state index contributed by atoms with van der Waals surface area (Å²) in [5.74, 6) is -1.62. The van der Waals surface area contributed by atoms with Crippen LogP contribution in [0.1, 0.15) is 46.0 Å². The molecule has 0 atom stereocenters. The number of unbranched alkanes of at least 4 members (excludes halogenated alkanes) is 3. The van der Waals surface area contributed by atoms with Gasteiger partial charge in [-0.3, -0.25) is 0 Å². The quantitative estimate of drug-likeness (QED) is 0.394. The smallest absolute Gasteiger partial charge is 0.334 e. The molecular weight excluding hydrogens is 208 g/mol. The van der Waals surface area contributed by atoms with E-state index in [1.807, 2.05) is 0 Å². The summed E-state index contributed by atoms with van der Waals surface area (Å²) in [4.78, 5) is 21.8. The van der Waals surface area contributed by atoms with Crippen molar-refractivity contribution < 1.29 is 19.4 Å². The number of carbonyl (C=O) groups excluding carboxylic acids is 1. The summed E-state index contributed by atoms with van der Waals surface area (Å²) in [5, 5.41) is 8.52. The zero-order valence-electron chi connectivity index (χ0n) is 9.99. The predicted octanol–water partition coefficient (Wildman–Crippen LogP) is 2.53. The van der Waals surface area contributed by atoms with Gasteiger partial charge in [0.15, 0.2) is 0 Å². The van der Waals surface area contributed by atoms with Crippen molar-refractivity contribution >= 4 is 11.9 Å². The number of hydrogen-bond donors (Lipinski definition) is 1. The molecule has 4 heteroatoms. The number of rotatable bonds is 8. The van der Waals surface area contributed by atoms with Crippen LogP contribution in [-0.4, -0.2) is 23.7 Å². The molecule has 0 saturated heterocycles. The van der Waals surface area contributed by atoms with E-state index in [-0.39, 0.29) is 5.57 Å². The van der Waals surface area contributed by atoms with E-state index in [0.717, 1.165) is 31.8 Å². The van der Waals surface area contributed by atoms with Crippen LogP contribution < -0.4 is 0 Å². The fourth-order valence-electron chi connectivity index (χ4n) is 1.24. The molecule has 0 aromatic carbocycles. The van der Waals surface area contributed by atoms with Crippen LogP contribution in [0, 0.1) is 0 Å². The number of carbonyl (C=O) groups is 2.